The SMILES string of the molecule is CCC(NC1CCCCC1)c1ccc(OCCCN2CCN(c3ccc(C#N)c(C(F)(F)F)c3)CC2)cc1. The third-order valence-corrected chi connectivity index (χ3v) is 7.79. The molecule has 1 heterocycles. The molecule has 206 valence electrons. The Kier molecular flexibility index (Phi) is 9.92. The summed E-state index contributed by atoms with van der Waals surface area (Å²) in [6.45, 7) is 6.61. The third kappa shape index (κ3) is 7.64. The molecule has 2 aliphatic rings. The molecule has 0 amide bonds. The van der Waals surface area contributed by atoms with E-state index in [0.29, 0.717) is 37.5 Å². The largest absolute Gasteiger partial charge is 0.494 e. The van der Waals surface area contributed by atoms with Crippen molar-refractivity contribution in [2.24, 2.45) is 0 Å². The van der Waals surface area contributed by atoms with Crippen LogP contribution in [0, 0.1) is 11.3 Å². The summed E-state index contributed by atoms with van der Waals surface area (Å²) in [7, 11) is 0. The van der Waals surface area contributed by atoms with Crippen LogP contribution >= 0.6 is 0 Å². The average Bonchev–Trinajstić information content (AvgIpc) is 2.94. The summed E-state index contributed by atoms with van der Waals surface area (Å²) >= 11 is 0. The molecule has 0 bridgehead atoms. The fraction of sp³-hybridized carbons (Fsp3) is 0.567. The molecule has 2 aromatic rings. The van der Waals surface area contributed by atoms with Crippen LogP contribution in [0.25, 0.3) is 0 Å². The second-order valence-electron chi connectivity index (χ2n) is 10.4. The van der Waals surface area contributed by atoms with E-state index in [4.69, 9.17) is 10.00 Å². The lowest BCUT2D eigenvalue weighted by molar-refractivity contribution is -0.137. The summed E-state index contributed by atoms with van der Waals surface area (Å²) < 4.78 is 45.9. The van der Waals surface area contributed by atoms with Crippen LogP contribution in [0.1, 0.15) is 74.6 Å². The van der Waals surface area contributed by atoms with Crippen LogP contribution in [0.2, 0.25) is 0 Å². The van der Waals surface area contributed by atoms with Gasteiger partial charge in [-0.05, 0) is 61.6 Å². The maximum Gasteiger partial charge on any atom is 0.417 e. The zero-order chi connectivity index (χ0) is 27.0. The van der Waals surface area contributed by atoms with Crippen LogP contribution in [-0.4, -0.2) is 50.3 Å². The summed E-state index contributed by atoms with van der Waals surface area (Å²) in [6.07, 6.45) is 4.00. The Morgan fingerprint density at radius 1 is 1.03 bits per heavy atom. The summed E-state index contributed by atoms with van der Waals surface area (Å²) in [5.41, 5.74) is 0.626. The molecule has 2 aromatic carbocycles. The van der Waals surface area contributed by atoms with Gasteiger partial charge in [0.15, 0.2) is 0 Å². The normalized spacial score (nSPS) is 18.2. The number of benzene rings is 2. The number of alkyl halides is 3. The molecule has 1 unspecified atom stereocenters. The van der Waals surface area contributed by atoms with Crippen molar-refractivity contribution in [3.05, 3.63) is 59.2 Å². The van der Waals surface area contributed by atoms with Crippen LogP contribution in [0.3, 0.4) is 0 Å². The third-order valence-electron chi connectivity index (χ3n) is 7.79. The van der Waals surface area contributed by atoms with E-state index in [1.807, 2.05) is 4.90 Å². The number of hydrogen-bond donors (Lipinski definition) is 1. The number of nitriles is 1. The van der Waals surface area contributed by atoms with E-state index in [2.05, 4.69) is 41.4 Å². The van der Waals surface area contributed by atoms with Gasteiger partial charge in [0.2, 0.25) is 0 Å². The van der Waals surface area contributed by atoms with Crippen molar-refractivity contribution in [3.63, 3.8) is 0 Å². The van der Waals surface area contributed by atoms with Gasteiger partial charge in [-0.1, -0.05) is 38.3 Å². The molecular weight excluding hydrogens is 489 g/mol. The first kappa shape index (κ1) is 28.3. The Bertz CT molecular complexity index is 1050. The molecule has 1 atom stereocenters. The molecular formula is C30H39F3N4O. The van der Waals surface area contributed by atoms with Crippen molar-refractivity contribution in [1.82, 2.24) is 10.2 Å². The van der Waals surface area contributed by atoms with Gasteiger partial charge < -0.3 is 15.0 Å². The Hall–Kier alpha value is -2.76. The average molecular weight is 529 g/mol. The van der Waals surface area contributed by atoms with Crippen molar-refractivity contribution >= 4 is 5.69 Å². The predicted molar refractivity (Wildman–Crippen MR) is 144 cm³/mol. The zero-order valence-electron chi connectivity index (χ0n) is 22.3. The first-order valence-corrected chi connectivity index (χ1v) is 13.9. The quantitative estimate of drug-likeness (QED) is 0.355. The molecule has 1 aliphatic carbocycles. The molecule has 1 N–H and O–H groups in total. The molecule has 0 aromatic heterocycles. The van der Waals surface area contributed by atoms with Gasteiger partial charge in [-0.25, -0.2) is 0 Å². The van der Waals surface area contributed by atoms with Crippen molar-refractivity contribution in [1.29, 1.82) is 5.26 Å². The highest BCUT2D eigenvalue weighted by Crippen LogP contribution is 2.34. The monoisotopic (exact) mass is 528 g/mol. The van der Waals surface area contributed by atoms with E-state index < -0.39 is 11.7 Å². The predicted octanol–water partition coefficient (Wildman–Crippen LogP) is 6.54. The summed E-state index contributed by atoms with van der Waals surface area (Å²) in [5.74, 6) is 0.882. The fourth-order valence-electron chi connectivity index (χ4n) is 5.57. The lowest BCUT2D eigenvalue weighted by atomic mass is 9.93. The molecule has 1 saturated carbocycles. The topological polar surface area (TPSA) is 51.5 Å². The first-order valence-electron chi connectivity index (χ1n) is 13.9. The number of halogens is 3. The molecule has 0 spiro atoms. The minimum absolute atomic E-state index is 0.337. The second-order valence-corrected chi connectivity index (χ2v) is 10.4. The van der Waals surface area contributed by atoms with Crippen molar-refractivity contribution in [2.45, 2.75) is 70.1 Å². The van der Waals surface area contributed by atoms with Gasteiger partial charge in [-0.2, -0.15) is 18.4 Å². The zero-order valence-corrected chi connectivity index (χ0v) is 22.3. The number of piperazine rings is 1. The molecule has 0 radical (unpaired) electrons. The molecule has 4 rings (SSSR count). The maximum absolute atomic E-state index is 13.3. The summed E-state index contributed by atoms with van der Waals surface area (Å²) in [5, 5.41) is 12.9. The van der Waals surface area contributed by atoms with E-state index in [1.54, 1.807) is 12.1 Å². The van der Waals surface area contributed by atoms with Gasteiger partial charge in [0.05, 0.1) is 23.8 Å². The molecule has 5 nitrogen and oxygen atoms in total. The van der Waals surface area contributed by atoms with Crippen LogP contribution in [0.15, 0.2) is 42.5 Å². The Balaban J connectivity index is 1.18. The highest BCUT2D eigenvalue weighted by atomic mass is 19.4. The number of rotatable bonds is 10. The van der Waals surface area contributed by atoms with Gasteiger partial charge in [0, 0.05) is 50.5 Å². The minimum Gasteiger partial charge on any atom is -0.494 e. The van der Waals surface area contributed by atoms with Crippen LogP contribution < -0.4 is 15.0 Å². The minimum atomic E-state index is -4.53. The van der Waals surface area contributed by atoms with E-state index in [-0.39, 0.29) is 5.56 Å². The molecule has 1 aliphatic heterocycles. The molecule has 2 fully saturated rings. The lowest BCUT2D eigenvalue weighted by Crippen LogP contribution is -2.46. The van der Waals surface area contributed by atoms with Gasteiger partial charge >= 0.3 is 6.18 Å². The molecule has 1 saturated heterocycles. The van der Waals surface area contributed by atoms with Gasteiger partial charge in [-0.3, -0.25) is 4.90 Å². The van der Waals surface area contributed by atoms with E-state index in [9.17, 15) is 13.2 Å². The van der Waals surface area contributed by atoms with E-state index in [1.165, 1.54) is 43.7 Å². The highest BCUT2D eigenvalue weighted by molar-refractivity contribution is 5.55. The van der Waals surface area contributed by atoms with Crippen molar-refractivity contribution in [2.75, 3.05) is 44.2 Å². The lowest BCUT2D eigenvalue weighted by Gasteiger charge is -2.36. The smallest absolute Gasteiger partial charge is 0.417 e. The fourth-order valence-corrected chi connectivity index (χ4v) is 5.57. The van der Waals surface area contributed by atoms with E-state index >= 15 is 0 Å². The second kappa shape index (κ2) is 13.3. The standard InChI is InChI=1S/C30H39F3N4O/c1-2-29(35-25-7-4-3-5-8-25)23-10-13-27(14-11-23)38-20-6-15-36-16-18-37(19-17-36)26-12-9-24(22-34)28(21-26)30(31,32)33/h9-14,21,25,29,35H,2-8,15-20H2,1H3. The number of anilines is 1. The van der Waals surface area contributed by atoms with Crippen molar-refractivity contribution in [3.8, 4) is 11.8 Å². The van der Waals surface area contributed by atoms with Gasteiger partial charge in [0.1, 0.15) is 5.75 Å². The van der Waals surface area contributed by atoms with E-state index in [0.717, 1.165) is 44.3 Å². The number of ether oxygens (including phenoxy) is 1. The van der Waals surface area contributed by atoms with Gasteiger partial charge in [-0.15, -0.1) is 0 Å². The Labute approximate surface area is 224 Å². The number of hydrogen-bond acceptors (Lipinski definition) is 5. The highest BCUT2D eigenvalue weighted by Gasteiger charge is 2.34. The van der Waals surface area contributed by atoms with Crippen LogP contribution in [0.5, 0.6) is 5.75 Å². The maximum atomic E-state index is 13.3. The van der Waals surface area contributed by atoms with Gasteiger partial charge in [0.25, 0.3) is 0 Å². The van der Waals surface area contributed by atoms with Crippen molar-refractivity contribution < 1.29 is 17.9 Å². The number of nitrogens with one attached hydrogen (secondary N) is 1. The molecule has 8 heteroatoms. The summed E-state index contributed by atoms with van der Waals surface area (Å²) in [6, 6.07) is 15.1. The van der Waals surface area contributed by atoms with Crippen LogP contribution in [-0.2, 0) is 6.18 Å². The number of nitrogens with zero attached hydrogens (tertiary/aromatic N) is 3. The summed E-state index contributed by atoms with van der Waals surface area (Å²) in [4.78, 5) is 4.28. The van der Waals surface area contributed by atoms with Crippen LogP contribution in [0.4, 0.5) is 18.9 Å². The molecule has 38 heavy (non-hydrogen) atoms. The Morgan fingerprint density at radius 3 is 2.37 bits per heavy atom. The Morgan fingerprint density at radius 2 is 1.74 bits per heavy atom. The first-order chi connectivity index (χ1) is 18.4.